The highest BCUT2D eigenvalue weighted by atomic mass is 19.1. The molecule has 1 aromatic carbocycles. The number of hydrogen-bond donors (Lipinski definition) is 1. The molecule has 1 aliphatic carbocycles. The number of aryl methyl sites for hydroxylation is 1. The van der Waals surface area contributed by atoms with Crippen LogP contribution >= 0.6 is 0 Å². The van der Waals surface area contributed by atoms with Crippen LogP contribution in [0.4, 0.5) is 10.1 Å². The molecule has 0 aliphatic heterocycles. The Morgan fingerprint density at radius 1 is 1.42 bits per heavy atom. The van der Waals surface area contributed by atoms with E-state index in [0.717, 1.165) is 24.0 Å². The third-order valence-corrected chi connectivity index (χ3v) is 2.40. The Bertz CT molecular complexity index is 316. The molecular weight excluding hydrogens is 153 g/mol. The first kappa shape index (κ1) is 7.59. The average molecular weight is 165 g/mol. The second-order valence-electron chi connectivity index (χ2n) is 3.50. The predicted molar refractivity (Wildman–Crippen MR) is 47.5 cm³/mol. The quantitative estimate of drug-likeness (QED) is 0.636. The van der Waals surface area contributed by atoms with Crippen LogP contribution in [-0.2, 0) is 0 Å². The van der Waals surface area contributed by atoms with E-state index in [9.17, 15) is 4.39 Å². The molecule has 2 heteroatoms. The first-order valence-corrected chi connectivity index (χ1v) is 4.24. The molecule has 2 rings (SSSR count). The Kier molecular flexibility index (Phi) is 1.56. The standard InChI is InChI=1S/C10H12FN/c1-6-4-9(11)8(5-10(6)12)7-2-3-7/h4-5,7H,2-3,12H2,1H3. The predicted octanol–water partition coefficient (Wildman–Crippen LogP) is 2.59. The lowest BCUT2D eigenvalue weighted by Gasteiger charge is -2.05. The summed E-state index contributed by atoms with van der Waals surface area (Å²) in [4.78, 5) is 0. The van der Waals surface area contributed by atoms with Crippen LogP contribution < -0.4 is 5.73 Å². The second kappa shape index (κ2) is 2.47. The Morgan fingerprint density at radius 3 is 2.67 bits per heavy atom. The van der Waals surface area contributed by atoms with E-state index in [4.69, 9.17) is 5.73 Å². The minimum Gasteiger partial charge on any atom is -0.399 e. The van der Waals surface area contributed by atoms with Crippen LogP contribution in [-0.4, -0.2) is 0 Å². The van der Waals surface area contributed by atoms with Gasteiger partial charge < -0.3 is 5.73 Å². The molecule has 1 fully saturated rings. The van der Waals surface area contributed by atoms with Crippen molar-refractivity contribution in [2.75, 3.05) is 5.73 Å². The van der Waals surface area contributed by atoms with Crippen molar-refractivity contribution in [2.24, 2.45) is 0 Å². The first-order valence-electron chi connectivity index (χ1n) is 4.24. The van der Waals surface area contributed by atoms with Crippen LogP contribution in [0.2, 0.25) is 0 Å². The van der Waals surface area contributed by atoms with Crippen molar-refractivity contribution in [3.05, 3.63) is 29.1 Å². The van der Waals surface area contributed by atoms with E-state index in [2.05, 4.69) is 0 Å². The van der Waals surface area contributed by atoms with Gasteiger partial charge in [0.1, 0.15) is 5.82 Å². The molecule has 1 nitrogen and oxygen atoms in total. The van der Waals surface area contributed by atoms with Crippen LogP contribution in [0.5, 0.6) is 0 Å². The van der Waals surface area contributed by atoms with Gasteiger partial charge in [-0.05, 0) is 48.9 Å². The van der Waals surface area contributed by atoms with Gasteiger partial charge in [-0.3, -0.25) is 0 Å². The van der Waals surface area contributed by atoms with E-state index in [0.29, 0.717) is 11.6 Å². The molecule has 0 bridgehead atoms. The highest BCUT2D eigenvalue weighted by Gasteiger charge is 2.26. The smallest absolute Gasteiger partial charge is 0.127 e. The normalized spacial score (nSPS) is 16.5. The molecule has 0 atom stereocenters. The summed E-state index contributed by atoms with van der Waals surface area (Å²) in [6.07, 6.45) is 2.22. The van der Waals surface area contributed by atoms with Crippen molar-refractivity contribution in [1.29, 1.82) is 0 Å². The third kappa shape index (κ3) is 1.17. The maximum atomic E-state index is 13.3. The van der Waals surface area contributed by atoms with E-state index in [1.807, 2.05) is 6.92 Å². The van der Waals surface area contributed by atoms with Crippen LogP contribution in [0.1, 0.15) is 29.9 Å². The van der Waals surface area contributed by atoms with Crippen molar-refractivity contribution in [3.8, 4) is 0 Å². The summed E-state index contributed by atoms with van der Waals surface area (Å²) in [5.74, 6) is 0.345. The maximum absolute atomic E-state index is 13.3. The molecule has 12 heavy (non-hydrogen) atoms. The molecule has 0 aromatic heterocycles. The van der Waals surface area contributed by atoms with Gasteiger partial charge >= 0.3 is 0 Å². The lowest BCUT2D eigenvalue weighted by Crippen LogP contribution is -1.95. The van der Waals surface area contributed by atoms with E-state index in [1.165, 1.54) is 6.07 Å². The Balaban J connectivity index is 2.47. The Labute approximate surface area is 71.4 Å². The number of halogens is 1. The van der Waals surface area contributed by atoms with E-state index in [-0.39, 0.29) is 5.82 Å². The summed E-state index contributed by atoms with van der Waals surface area (Å²) in [5, 5.41) is 0. The zero-order valence-electron chi connectivity index (χ0n) is 7.10. The third-order valence-electron chi connectivity index (χ3n) is 2.40. The summed E-state index contributed by atoms with van der Waals surface area (Å²) in [7, 11) is 0. The van der Waals surface area contributed by atoms with Gasteiger partial charge in [-0.1, -0.05) is 0 Å². The molecule has 0 heterocycles. The van der Waals surface area contributed by atoms with Crippen molar-refractivity contribution in [3.63, 3.8) is 0 Å². The lowest BCUT2D eigenvalue weighted by molar-refractivity contribution is 0.610. The Morgan fingerprint density at radius 2 is 2.08 bits per heavy atom. The summed E-state index contributed by atoms with van der Waals surface area (Å²) in [6.45, 7) is 1.83. The number of nitrogen functional groups attached to an aromatic ring is 1. The summed E-state index contributed by atoms with van der Waals surface area (Å²) in [5.41, 5.74) is 8.03. The Hall–Kier alpha value is -1.05. The summed E-state index contributed by atoms with van der Waals surface area (Å²) < 4.78 is 13.3. The molecule has 0 saturated heterocycles. The lowest BCUT2D eigenvalue weighted by atomic mass is 10.1. The minimum absolute atomic E-state index is 0.0933. The van der Waals surface area contributed by atoms with E-state index in [1.54, 1.807) is 6.07 Å². The van der Waals surface area contributed by atoms with Gasteiger partial charge in [-0.2, -0.15) is 0 Å². The van der Waals surface area contributed by atoms with Gasteiger partial charge in [0, 0.05) is 5.69 Å². The molecule has 0 spiro atoms. The molecule has 1 saturated carbocycles. The van der Waals surface area contributed by atoms with Crippen LogP contribution in [0.25, 0.3) is 0 Å². The monoisotopic (exact) mass is 165 g/mol. The number of nitrogens with two attached hydrogens (primary N) is 1. The molecule has 0 amide bonds. The van der Waals surface area contributed by atoms with E-state index >= 15 is 0 Å². The molecule has 1 aromatic rings. The van der Waals surface area contributed by atoms with Crippen molar-refractivity contribution < 1.29 is 4.39 Å². The number of benzene rings is 1. The van der Waals surface area contributed by atoms with Crippen LogP contribution in [0, 0.1) is 12.7 Å². The SMILES string of the molecule is Cc1cc(F)c(C2CC2)cc1N. The van der Waals surface area contributed by atoms with Gasteiger partial charge in [0.05, 0.1) is 0 Å². The fourth-order valence-corrected chi connectivity index (χ4v) is 1.41. The summed E-state index contributed by atoms with van der Waals surface area (Å²) >= 11 is 0. The van der Waals surface area contributed by atoms with Gasteiger partial charge in [0.15, 0.2) is 0 Å². The zero-order valence-corrected chi connectivity index (χ0v) is 7.10. The van der Waals surface area contributed by atoms with Gasteiger partial charge in [-0.15, -0.1) is 0 Å². The number of rotatable bonds is 1. The minimum atomic E-state index is -0.0933. The zero-order chi connectivity index (χ0) is 8.72. The van der Waals surface area contributed by atoms with Gasteiger partial charge in [0.25, 0.3) is 0 Å². The topological polar surface area (TPSA) is 26.0 Å². The maximum Gasteiger partial charge on any atom is 0.127 e. The second-order valence-corrected chi connectivity index (χ2v) is 3.50. The van der Waals surface area contributed by atoms with Crippen molar-refractivity contribution in [1.82, 2.24) is 0 Å². The van der Waals surface area contributed by atoms with Crippen LogP contribution in [0.3, 0.4) is 0 Å². The van der Waals surface area contributed by atoms with Crippen molar-refractivity contribution in [2.45, 2.75) is 25.7 Å². The fourth-order valence-electron chi connectivity index (χ4n) is 1.41. The molecule has 0 unspecified atom stereocenters. The van der Waals surface area contributed by atoms with Crippen LogP contribution in [0.15, 0.2) is 12.1 Å². The number of anilines is 1. The average Bonchev–Trinajstić information content (AvgIpc) is 2.79. The van der Waals surface area contributed by atoms with Gasteiger partial charge in [-0.25, -0.2) is 4.39 Å². The molecule has 1 aliphatic rings. The van der Waals surface area contributed by atoms with E-state index < -0.39 is 0 Å². The number of hydrogen-bond acceptors (Lipinski definition) is 1. The highest BCUT2D eigenvalue weighted by Crippen LogP contribution is 2.42. The highest BCUT2D eigenvalue weighted by molar-refractivity contribution is 5.50. The molecule has 0 radical (unpaired) electrons. The summed E-state index contributed by atoms with van der Waals surface area (Å²) in [6, 6.07) is 3.31. The molecule has 64 valence electrons. The van der Waals surface area contributed by atoms with Gasteiger partial charge in [0.2, 0.25) is 0 Å². The fraction of sp³-hybridized carbons (Fsp3) is 0.400. The molecular formula is C10H12FN. The first-order chi connectivity index (χ1) is 5.68. The largest absolute Gasteiger partial charge is 0.399 e. The molecule has 2 N–H and O–H groups in total. The van der Waals surface area contributed by atoms with Crippen molar-refractivity contribution >= 4 is 5.69 Å².